The molecule has 1 saturated carbocycles. The molecule has 0 spiro atoms. The van der Waals surface area contributed by atoms with Crippen LogP contribution in [0.4, 0.5) is 4.79 Å². The van der Waals surface area contributed by atoms with Gasteiger partial charge in [0.1, 0.15) is 6.10 Å². The Bertz CT molecular complexity index is 347. The van der Waals surface area contributed by atoms with E-state index in [1.54, 1.807) is 13.8 Å². The Morgan fingerprint density at radius 1 is 1.21 bits per heavy atom. The predicted octanol–water partition coefficient (Wildman–Crippen LogP) is 3.27. The molecule has 0 bridgehead atoms. The number of rotatable bonds is 5. The van der Waals surface area contributed by atoms with Crippen molar-refractivity contribution in [3.63, 3.8) is 0 Å². The van der Waals surface area contributed by atoms with Crippen molar-refractivity contribution >= 4 is 23.5 Å². The van der Waals surface area contributed by atoms with Crippen molar-refractivity contribution in [1.82, 2.24) is 5.32 Å². The quantitative estimate of drug-likeness (QED) is 0.790. The number of alkyl halides is 1. The van der Waals surface area contributed by atoms with Crippen LogP contribution in [0, 0.1) is 5.41 Å². The summed E-state index contributed by atoms with van der Waals surface area (Å²) in [5.74, 6) is -0.157. The fourth-order valence-corrected chi connectivity index (χ4v) is 2.45. The number of amides is 1. The van der Waals surface area contributed by atoms with Gasteiger partial charge in [0, 0.05) is 11.0 Å². The largest absolute Gasteiger partial charge is 0.446 e. The first kappa shape index (κ1) is 16.3. The van der Waals surface area contributed by atoms with Gasteiger partial charge in [-0.3, -0.25) is 4.79 Å². The monoisotopic (exact) mass is 289 g/mol. The number of Topliss-reactive ketones (excluding diaryl/α,β-unsaturated/α-hetero) is 1. The summed E-state index contributed by atoms with van der Waals surface area (Å²) in [6.45, 7) is 7.20. The first-order valence-electron chi connectivity index (χ1n) is 6.79. The highest BCUT2D eigenvalue weighted by atomic mass is 35.5. The fraction of sp³-hybridized carbons (Fsp3) is 0.857. The lowest BCUT2D eigenvalue weighted by atomic mass is 9.72. The van der Waals surface area contributed by atoms with Crippen molar-refractivity contribution in [2.75, 3.05) is 5.88 Å². The summed E-state index contributed by atoms with van der Waals surface area (Å²) >= 11 is 5.62. The lowest BCUT2D eigenvalue weighted by molar-refractivity contribution is -0.127. The van der Waals surface area contributed by atoms with E-state index < -0.39 is 17.0 Å². The van der Waals surface area contributed by atoms with E-state index in [-0.39, 0.29) is 17.8 Å². The zero-order valence-corrected chi connectivity index (χ0v) is 13.0. The molecule has 0 atom stereocenters. The van der Waals surface area contributed by atoms with Gasteiger partial charge in [-0.25, -0.2) is 4.79 Å². The number of ether oxygens (including phenoxy) is 1. The third kappa shape index (κ3) is 3.85. The highest BCUT2D eigenvalue weighted by Crippen LogP contribution is 2.32. The van der Waals surface area contributed by atoms with Crippen LogP contribution in [0.2, 0.25) is 0 Å². The maximum Gasteiger partial charge on any atom is 0.407 e. The molecular formula is C14H24ClNO3. The van der Waals surface area contributed by atoms with Crippen LogP contribution in [0.5, 0.6) is 0 Å². The molecule has 0 aromatic heterocycles. The van der Waals surface area contributed by atoms with E-state index in [1.165, 1.54) is 0 Å². The second-order valence-corrected chi connectivity index (χ2v) is 6.51. The number of hydrogen-bond donors (Lipinski definition) is 1. The number of alkyl carbamates (subject to hydrolysis) is 1. The van der Waals surface area contributed by atoms with E-state index in [1.807, 2.05) is 13.8 Å². The maximum absolute atomic E-state index is 11.9. The third-order valence-electron chi connectivity index (χ3n) is 4.37. The van der Waals surface area contributed by atoms with Crippen LogP contribution in [0.1, 0.15) is 53.4 Å². The molecule has 1 amide bonds. The smallest absolute Gasteiger partial charge is 0.407 e. The predicted molar refractivity (Wildman–Crippen MR) is 75.5 cm³/mol. The summed E-state index contributed by atoms with van der Waals surface area (Å²) in [7, 11) is 0. The standard InChI is InChI=1S/C14H24ClNO3/c1-13(2,11(17)9-15)14(3,4)16-12(18)19-10-7-5-6-8-10/h10H,5-9H2,1-4H3,(H,16,18). The lowest BCUT2D eigenvalue weighted by Crippen LogP contribution is -2.57. The molecule has 1 aliphatic carbocycles. The Balaban J connectivity index is 2.62. The molecule has 1 fully saturated rings. The van der Waals surface area contributed by atoms with E-state index in [4.69, 9.17) is 16.3 Å². The minimum absolute atomic E-state index is 0.0163. The zero-order chi connectivity index (χ0) is 14.7. The summed E-state index contributed by atoms with van der Waals surface area (Å²) in [6, 6.07) is 0. The fourth-order valence-electron chi connectivity index (χ4n) is 2.11. The maximum atomic E-state index is 11.9. The minimum atomic E-state index is -0.747. The van der Waals surface area contributed by atoms with E-state index >= 15 is 0 Å². The summed E-state index contributed by atoms with van der Waals surface area (Å²) in [4.78, 5) is 23.8. The van der Waals surface area contributed by atoms with Crippen molar-refractivity contribution in [2.24, 2.45) is 5.41 Å². The number of ketones is 1. The van der Waals surface area contributed by atoms with Gasteiger partial charge in [0.2, 0.25) is 0 Å². The molecule has 0 radical (unpaired) electrons. The lowest BCUT2D eigenvalue weighted by Gasteiger charge is -2.40. The SMILES string of the molecule is CC(C)(NC(=O)OC1CCCC1)C(C)(C)C(=O)CCl. The van der Waals surface area contributed by atoms with Crippen molar-refractivity contribution in [3.05, 3.63) is 0 Å². The Morgan fingerprint density at radius 2 is 1.74 bits per heavy atom. The zero-order valence-electron chi connectivity index (χ0n) is 12.2. The Labute approximate surface area is 120 Å². The van der Waals surface area contributed by atoms with Gasteiger partial charge < -0.3 is 10.1 Å². The normalized spacial score (nSPS) is 17.3. The summed E-state index contributed by atoms with van der Waals surface area (Å²) in [6.07, 6.45) is 3.64. The average molecular weight is 290 g/mol. The van der Waals surface area contributed by atoms with Crippen LogP contribution in [-0.4, -0.2) is 29.4 Å². The Hall–Kier alpha value is -0.770. The van der Waals surface area contributed by atoms with Crippen LogP contribution in [0.25, 0.3) is 0 Å². The van der Waals surface area contributed by atoms with Crippen molar-refractivity contribution < 1.29 is 14.3 Å². The van der Waals surface area contributed by atoms with E-state index in [2.05, 4.69) is 5.32 Å². The van der Waals surface area contributed by atoms with Gasteiger partial charge in [0.25, 0.3) is 0 Å². The van der Waals surface area contributed by atoms with Crippen LogP contribution in [0.3, 0.4) is 0 Å². The van der Waals surface area contributed by atoms with E-state index in [9.17, 15) is 9.59 Å². The molecule has 5 heteroatoms. The second kappa shape index (κ2) is 6.12. The molecule has 0 unspecified atom stereocenters. The average Bonchev–Trinajstić information content (AvgIpc) is 2.79. The van der Waals surface area contributed by atoms with Gasteiger partial charge in [-0.2, -0.15) is 0 Å². The molecular weight excluding hydrogens is 266 g/mol. The van der Waals surface area contributed by atoms with Crippen LogP contribution in [0.15, 0.2) is 0 Å². The van der Waals surface area contributed by atoms with Gasteiger partial charge in [0.05, 0.1) is 5.88 Å². The summed E-state index contributed by atoms with van der Waals surface area (Å²) in [5.41, 5.74) is -1.46. The van der Waals surface area contributed by atoms with Gasteiger partial charge in [0.15, 0.2) is 5.78 Å². The summed E-state index contributed by atoms with van der Waals surface area (Å²) < 4.78 is 5.36. The van der Waals surface area contributed by atoms with Crippen LogP contribution < -0.4 is 5.32 Å². The number of halogens is 1. The molecule has 0 aromatic rings. The van der Waals surface area contributed by atoms with Crippen molar-refractivity contribution in [3.8, 4) is 0 Å². The first-order chi connectivity index (χ1) is 8.70. The second-order valence-electron chi connectivity index (χ2n) is 6.24. The number of carbonyl (C=O) groups is 2. The van der Waals surface area contributed by atoms with Crippen LogP contribution in [-0.2, 0) is 9.53 Å². The minimum Gasteiger partial charge on any atom is -0.446 e. The molecule has 0 aromatic carbocycles. The van der Waals surface area contributed by atoms with Crippen molar-refractivity contribution in [1.29, 1.82) is 0 Å². The van der Waals surface area contributed by atoms with E-state index in [0.29, 0.717) is 0 Å². The Morgan fingerprint density at radius 3 is 2.21 bits per heavy atom. The number of carbonyl (C=O) groups excluding carboxylic acids is 2. The van der Waals surface area contributed by atoms with Gasteiger partial charge in [-0.15, -0.1) is 11.6 Å². The molecule has 0 saturated heterocycles. The van der Waals surface area contributed by atoms with Crippen molar-refractivity contribution in [2.45, 2.75) is 65.0 Å². The molecule has 1 N–H and O–H groups in total. The summed E-state index contributed by atoms with van der Waals surface area (Å²) in [5, 5.41) is 2.80. The molecule has 19 heavy (non-hydrogen) atoms. The first-order valence-corrected chi connectivity index (χ1v) is 7.32. The molecule has 1 rings (SSSR count). The van der Waals surface area contributed by atoms with Gasteiger partial charge in [-0.1, -0.05) is 13.8 Å². The third-order valence-corrected chi connectivity index (χ3v) is 4.61. The van der Waals surface area contributed by atoms with Crippen LogP contribution >= 0.6 is 11.6 Å². The molecule has 4 nitrogen and oxygen atoms in total. The van der Waals surface area contributed by atoms with Gasteiger partial charge >= 0.3 is 6.09 Å². The highest BCUT2D eigenvalue weighted by Gasteiger charge is 2.44. The number of hydrogen-bond acceptors (Lipinski definition) is 3. The topological polar surface area (TPSA) is 55.4 Å². The van der Waals surface area contributed by atoms with Gasteiger partial charge in [-0.05, 0) is 39.5 Å². The molecule has 1 aliphatic rings. The molecule has 0 heterocycles. The van der Waals surface area contributed by atoms with E-state index in [0.717, 1.165) is 25.7 Å². The molecule has 110 valence electrons. The molecule has 0 aliphatic heterocycles. The number of nitrogens with one attached hydrogen (secondary N) is 1. The Kier molecular flexibility index (Phi) is 5.25. The highest BCUT2D eigenvalue weighted by molar-refractivity contribution is 6.28.